The summed E-state index contributed by atoms with van der Waals surface area (Å²) in [6.07, 6.45) is 0. The van der Waals surface area contributed by atoms with Crippen LogP contribution in [-0.4, -0.2) is 11.5 Å². The van der Waals surface area contributed by atoms with Gasteiger partial charge in [0.15, 0.2) is 5.60 Å². The molecule has 156 valence electrons. The van der Waals surface area contributed by atoms with E-state index < -0.39 is 11.2 Å². The third-order valence-corrected chi connectivity index (χ3v) is 5.08. The van der Waals surface area contributed by atoms with Crippen LogP contribution in [0.15, 0.2) is 88.1 Å². The molecule has 4 rings (SSSR count). The summed E-state index contributed by atoms with van der Waals surface area (Å²) in [5, 5.41) is 3.76. The van der Waals surface area contributed by atoms with Crippen molar-refractivity contribution in [3.8, 4) is 16.9 Å². The second-order valence-electron chi connectivity index (χ2n) is 7.89. The standard InChI is InChI=1S/C26H23NO4/c1-17-15-19(27-25(29)26(2,3)31-20-10-5-4-6-11-20)13-14-21(17)22-16-18-9-7-8-12-23(18)30-24(22)28/h4-16H,1-3H3,(H,27,29). The van der Waals surface area contributed by atoms with Crippen LogP contribution >= 0.6 is 0 Å². The molecule has 3 aromatic carbocycles. The maximum atomic E-state index is 12.8. The fourth-order valence-electron chi connectivity index (χ4n) is 3.40. The third kappa shape index (κ3) is 4.36. The van der Waals surface area contributed by atoms with Gasteiger partial charge in [-0.05, 0) is 68.3 Å². The molecule has 0 spiro atoms. The van der Waals surface area contributed by atoms with E-state index in [0.29, 0.717) is 22.6 Å². The molecule has 1 amide bonds. The first-order chi connectivity index (χ1) is 14.8. The van der Waals surface area contributed by atoms with E-state index >= 15 is 0 Å². The predicted molar refractivity (Wildman–Crippen MR) is 122 cm³/mol. The Labute approximate surface area is 180 Å². The maximum Gasteiger partial charge on any atom is 0.344 e. The Morgan fingerprint density at radius 3 is 2.35 bits per heavy atom. The number of para-hydroxylation sites is 2. The molecule has 31 heavy (non-hydrogen) atoms. The van der Waals surface area contributed by atoms with Gasteiger partial charge >= 0.3 is 5.63 Å². The molecule has 0 unspecified atom stereocenters. The molecule has 1 heterocycles. The number of amides is 1. The molecule has 1 N–H and O–H groups in total. The molecule has 0 radical (unpaired) electrons. The second kappa shape index (κ2) is 8.11. The SMILES string of the molecule is Cc1cc(NC(=O)C(C)(C)Oc2ccccc2)ccc1-c1cc2ccccc2oc1=O. The zero-order valence-corrected chi connectivity index (χ0v) is 17.6. The van der Waals surface area contributed by atoms with Crippen LogP contribution in [0, 0.1) is 6.92 Å². The number of carbonyl (C=O) groups is 1. The molecule has 0 aliphatic rings. The Kier molecular flexibility index (Phi) is 5.34. The highest BCUT2D eigenvalue weighted by Gasteiger charge is 2.30. The van der Waals surface area contributed by atoms with Crippen molar-refractivity contribution in [3.05, 3.63) is 94.8 Å². The average molecular weight is 413 g/mol. The summed E-state index contributed by atoms with van der Waals surface area (Å²) in [4.78, 5) is 25.3. The van der Waals surface area contributed by atoms with Gasteiger partial charge in [0, 0.05) is 11.1 Å². The highest BCUT2D eigenvalue weighted by molar-refractivity contribution is 5.97. The van der Waals surface area contributed by atoms with Crippen molar-refractivity contribution in [3.63, 3.8) is 0 Å². The number of fused-ring (bicyclic) bond motifs is 1. The Bertz CT molecular complexity index is 1310. The molecule has 0 atom stereocenters. The van der Waals surface area contributed by atoms with Gasteiger partial charge in [-0.25, -0.2) is 4.79 Å². The van der Waals surface area contributed by atoms with Gasteiger partial charge in [0.25, 0.3) is 5.91 Å². The number of rotatable bonds is 5. The average Bonchev–Trinajstić information content (AvgIpc) is 2.74. The Balaban J connectivity index is 1.57. The van der Waals surface area contributed by atoms with Crippen LogP contribution in [0.3, 0.4) is 0 Å². The van der Waals surface area contributed by atoms with Crippen molar-refractivity contribution in [2.45, 2.75) is 26.4 Å². The maximum absolute atomic E-state index is 12.8. The molecule has 0 fully saturated rings. The van der Waals surface area contributed by atoms with Crippen molar-refractivity contribution < 1.29 is 13.9 Å². The van der Waals surface area contributed by atoms with Crippen molar-refractivity contribution in [1.82, 2.24) is 0 Å². The first-order valence-electron chi connectivity index (χ1n) is 10.0. The molecular weight excluding hydrogens is 390 g/mol. The van der Waals surface area contributed by atoms with E-state index in [1.54, 1.807) is 26.0 Å². The number of ether oxygens (including phenoxy) is 1. The van der Waals surface area contributed by atoms with Crippen LogP contribution < -0.4 is 15.7 Å². The first-order valence-corrected chi connectivity index (χ1v) is 10.0. The summed E-state index contributed by atoms with van der Waals surface area (Å²) in [7, 11) is 0. The van der Waals surface area contributed by atoms with Crippen molar-refractivity contribution in [2.24, 2.45) is 0 Å². The number of hydrogen-bond acceptors (Lipinski definition) is 4. The molecule has 0 saturated heterocycles. The molecule has 5 heteroatoms. The van der Waals surface area contributed by atoms with Gasteiger partial charge in [-0.1, -0.05) is 42.5 Å². The summed E-state index contributed by atoms with van der Waals surface area (Å²) >= 11 is 0. The molecule has 0 bridgehead atoms. The third-order valence-electron chi connectivity index (χ3n) is 5.08. The van der Waals surface area contributed by atoms with E-state index in [9.17, 15) is 9.59 Å². The van der Waals surface area contributed by atoms with Crippen LogP contribution in [0.4, 0.5) is 5.69 Å². The van der Waals surface area contributed by atoms with E-state index in [4.69, 9.17) is 9.15 Å². The van der Waals surface area contributed by atoms with Crippen molar-refractivity contribution in [1.29, 1.82) is 0 Å². The second-order valence-corrected chi connectivity index (χ2v) is 7.89. The molecule has 0 saturated carbocycles. The molecule has 1 aromatic heterocycles. The zero-order chi connectivity index (χ0) is 22.0. The Hall–Kier alpha value is -3.86. The summed E-state index contributed by atoms with van der Waals surface area (Å²) in [5.41, 5.74) is 1.82. The lowest BCUT2D eigenvalue weighted by atomic mass is 10.00. The lowest BCUT2D eigenvalue weighted by molar-refractivity contribution is -0.128. The number of benzene rings is 3. The topological polar surface area (TPSA) is 68.5 Å². The number of anilines is 1. The van der Waals surface area contributed by atoms with Crippen LogP contribution in [-0.2, 0) is 4.79 Å². The summed E-state index contributed by atoms with van der Waals surface area (Å²) in [6, 6.07) is 23.9. The molecular formula is C26H23NO4. The number of hydrogen-bond donors (Lipinski definition) is 1. The van der Waals surface area contributed by atoms with E-state index in [2.05, 4.69) is 5.32 Å². The van der Waals surface area contributed by atoms with Crippen LogP contribution in [0.2, 0.25) is 0 Å². The molecule has 0 aliphatic heterocycles. The fraction of sp³-hybridized carbons (Fsp3) is 0.154. The minimum absolute atomic E-state index is 0.270. The highest BCUT2D eigenvalue weighted by Crippen LogP contribution is 2.27. The van der Waals surface area contributed by atoms with Gasteiger partial charge in [-0.15, -0.1) is 0 Å². The summed E-state index contributed by atoms with van der Waals surface area (Å²) in [5.74, 6) is 0.353. The summed E-state index contributed by atoms with van der Waals surface area (Å²) < 4.78 is 11.3. The van der Waals surface area contributed by atoms with Crippen molar-refractivity contribution in [2.75, 3.05) is 5.32 Å². The zero-order valence-electron chi connectivity index (χ0n) is 17.6. The van der Waals surface area contributed by atoms with E-state index in [-0.39, 0.29) is 5.91 Å². The lowest BCUT2D eigenvalue weighted by Crippen LogP contribution is -2.42. The van der Waals surface area contributed by atoms with Gasteiger partial charge in [0.1, 0.15) is 11.3 Å². The number of aryl methyl sites for hydroxylation is 1. The quantitative estimate of drug-likeness (QED) is 0.435. The van der Waals surface area contributed by atoms with E-state index in [0.717, 1.165) is 16.5 Å². The Morgan fingerprint density at radius 2 is 1.61 bits per heavy atom. The molecule has 5 nitrogen and oxygen atoms in total. The van der Waals surface area contributed by atoms with Gasteiger partial charge in [-0.3, -0.25) is 4.79 Å². The minimum Gasteiger partial charge on any atom is -0.478 e. The van der Waals surface area contributed by atoms with E-state index in [1.165, 1.54) is 0 Å². The van der Waals surface area contributed by atoms with E-state index in [1.807, 2.05) is 73.7 Å². The van der Waals surface area contributed by atoms with Gasteiger partial charge in [0.05, 0.1) is 5.56 Å². The Morgan fingerprint density at radius 1 is 0.903 bits per heavy atom. The van der Waals surface area contributed by atoms with Gasteiger partial charge in [-0.2, -0.15) is 0 Å². The molecule has 0 aliphatic carbocycles. The lowest BCUT2D eigenvalue weighted by Gasteiger charge is -2.25. The monoisotopic (exact) mass is 413 g/mol. The molecule has 4 aromatic rings. The largest absolute Gasteiger partial charge is 0.478 e. The number of carbonyl (C=O) groups excluding carboxylic acids is 1. The summed E-state index contributed by atoms with van der Waals surface area (Å²) in [6.45, 7) is 5.33. The normalized spacial score (nSPS) is 11.3. The van der Waals surface area contributed by atoms with Crippen LogP contribution in [0.5, 0.6) is 5.75 Å². The highest BCUT2D eigenvalue weighted by atomic mass is 16.5. The number of nitrogens with one attached hydrogen (secondary N) is 1. The van der Waals surface area contributed by atoms with Crippen LogP contribution in [0.25, 0.3) is 22.1 Å². The first kappa shape index (κ1) is 20.4. The van der Waals surface area contributed by atoms with Crippen LogP contribution in [0.1, 0.15) is 19.4 Å². The van der Waals surface area contributed by atoms with Gasteiger partial charge < -0.3 is 14.5 Å². The smallest absolute Gasteiger partial charge is 0.344 e. The fourth-order valence-corrected chi connectivity index (χ4v) is 3.40. The van der Waals surface area contributed by atoms with Gasteiger partial charge in [0.2, 0.25) is 0 Å². The minimum atomic E-state index is -1.06. The van der Waals surface area contributed by atoms with Crippen molar-refractivity contribution >= 4 is 22.6 Å². The predicted octanol–water partition coefficient (Wildman–Crippen LogP) is 5.56.